The lowest BCUT2D eigenvalue weighted by Crippen LogP contribution is -2.43. The van der Waals surface area contributed by atoms with Crippen molar-refractivity contribution in [3.63, 3.8) is 0 Å². The topological polar surface area (TPSA) is 70.7 Å². The molecular formula is C20H22ClN3O3. The lowest BCUT2D eigenvalue weighted by Gasteiger charge is -2.23. The number of carbonyl (C=O) groups is 2. The first-order chi connectivity index (χ1) is 13.0. The minimum absolute atomic E-state index is 0.100. The Morgan fingerprint density at radius 2 is 1.70 bits per heavy atom. The Kier molecular flexibility index (Phi) is 6.32. The van der Waals surface area contributed by atoms with Crippen LogP contribution in [0.5, 0.6) is 5.75 Å². The highest BCUT2D eigenvalue weighted by molar-refractivity contribution is 6.30. The quantitative estimate of drug-likeness (QED) is 0.797. The second-order valence-electron chi connectivity index (χ2n) is 6.40. The van der Waals surface area contributed by atoms with Gasteiger partial charge >= 0.3 is 0 Å². The van der Waals surface area contributed by atoms with Crippen LogP contribution in [0.4, 0.5) is 11.4 Å². The Bertz CT molecular complexity index is 793. The Morgan fingerprint density at radius 1 is 1.07 bits per heavy atom. The normalized spacial score (nSPS) is 16.7. The number of anilines is 2. The van der Waals surface area contributed by atoms with Crippen molar-refractivity contribution in [2.45, 2.75) is 18.9 Å². The van der Waals surface area contributed by atoms with Gasteiger partial charge in [0, 0.05) is 16.4 Å². The first-order valence-corrected chi connectivity index (χ1v) is 9.17. The third kappa shape index (κ3) is 5.21. The van der Waals surface area contributed by atoms with E-state index in [0.717, 1.165) is 25.1 Å². The summed E-state index contributed by atoms with van der Waals surface area (Å²) in [6, 6.07) is 13.8. The van der Waals surface area contributed by atoms with Crippen molar-refractivity contribution in [1.82, 2.24) is 4.90 Å². The van der Waals surface area contributed by atoms with E-state index in [2.05, 4.69) is 10.6 Å². The number of carbonyl (C=O) groups excluding carboxylic acids is 2. The smallest absolute Gasteiger partial charge is 0.241 e. The lowest BCUT2D eigenvalue weighted by atomic mass is 10.2. The zero-order chi connectivity index (χ0) is 19.2. The minimum atomic E-state index is -0.317. The molecule has 2 aromatic rings. The van der Waals surface area contributed by atoms with E-state index < -0.39 is 0 Å². The molecule has 0 spiro atoms. The van der Waals surface area contributed by atoms with Gasteiger partial charge in [-0.2, -0.15) is 0 Å². The molecule has 3 rings (SSSR count). The third-order valence-electron chi connectivity index (χ3n) is 4.50. The van der Waals surface area contributed by atoms with Crippen molar-refractivity contribution in [2.24, 2.45) is 0 Å². The summed E-state index contributed by atoms with van der Waals surface area (Å²) in [4.78, 5) is 26.9. The van der Waals surface area contributed by atoms with Crippen LogP contribution in [0.15, 0.2) is 48.5 Å². The van der Waals surface area contributed by atoms with Gasteiger partial charge in [0.05, 0.1) is 19.7 Å². The van der Waals surface area contributed by atoms with Gasteiger partial charge < -0.3 is 15.4 Å². The number of halogens is 1. The van der Waals surface area contributed by atoms with Crippen LogP contribution in [0.25, 0.3) is 0 Å². The number of amides is 2. The molecule has 0 aliphatic carbocycles. The predicted molar refractivity (Wildman–Crippen MR) is 106 cm³/mol. The van der Waals surface area contributed by atoms with Crippen LogP contribution in [-0.4, -0.2) is 43.0 Å². The number of nitrogens with one attached hydrogen (secondary N) is 2. The molecular weight excluding hydrogens is 366 g/mol. The average molecular weight is 388 g/mol. The number of rotatable bonds is 6. The molecule has 0 radical (unpaired) electrons. The van der Waals surface area contributed by atoms with Gasteiger partial charge in [-0.1, -0.05) is 11.6 Å². The van der Waals surface area contributed by atoms with E-state index in [9.17, 15) is 9.59 Å². The summed E-state index contributed by atoms with van der Waals surface area (Å²) in [5.41, 5.74) is 1.39. The van der Waals surface area contributed by atoms with Crippen molar-refractivity contribution in [3.05, 3.63) is 53.6 Å². The zero-order valence-corrected chi connectivity index (χ0v) is 15.8. The Morgan fingerprint density at radius 3 is 2.37 bits per heavy atom. The summed E-state index contributed by atoms with van der Waals surface area (Å²) in [7, 11) is 1.60. The van der Waals surface area contributed by atoms with Crippen molar-refractivity contribution >= 4 is 34.8 Å². The van der Waals surface area contributed by atoms with Gasteiger partial charge in [0.15, 0.2) is 0 Å². The molecule has 1 fully saturated rings. The highest BCUT2D eigenvalue weighted by atomic mass is 35.5. The van der Waals surface area contributed by atoms with E-state index >= 15 is 0 Å². The molecule has 1 heterocycles. The van der Waals surface area contributed by atoms with Crippen LogP contribution in [0.1, 0.15) is 12.8 Å². The molecule has 0 saturated carbocycles. The average Bonchev–Trinajstić information content (AvgIpc) is 3.12. The first kappa shape index (κ1) is 19.2. The summed E-state index contributed by atoms with van der Waals surface area (Å²) in [6.45, 7) is 0.887. The molecule has 0 aromatic heterocycles. The summed E-state index contributed by atoms with van der Waals surface area (Å²) in [6.07, 6.45) is 1.62. The third-order valence-corrected chi connectivity index (χ3v) is 4.75. The molecule has 1 saturated heterocycles. The molecule has 2 amide bonds. The molecule has 7 heteroatoms. The zero-order valence-electron chi connectivity index (χ0n) is 15.1. The molecule has 0 unspecified atom stereocenters. The molecule has 1 aliphatic rings. The maximum Gasteiger partial charge on any atom is 0.241 e. The van der Waals surface area contributed by atoms with E-state index in [1.165, 1.54) is 0 Å². The lowest BCUT2D eigenvalue weighted by molar-refractivity contribution is -0.122. The Labute approximate surface area is 163 Å². The summed E-state index contributed by atoms with van der Waals surface area (Å²) < 4.78 is 5.12. The molecule has 2 aromatic carbocycles. The monoisotopic (exact) mass is 387 g/mol. The predicted octanol–water partition coefficient (Wildman–Crippen LogP) is 3.39. The largest absolute Gasteiger partial charge is 0.497 e. The second-order valence-corrected chi connectivity index (χ2v) is 6.84. The summed E-state index contributed by atoms with van der Waals surface area (Å²) in [5.74, 6) is 0.479. The fourth-order valence-corrected chi connectivity index (χ4v) is 3.26. The highest BCUT2D eigenvalue weighted by Crippen LogP contribution is 2.21. The molecule has 6 nitrogen and oxygen atoms in total. The van der Waals surface area contributed by atoms with E-state index in [1.807, 2.05) is 4.90 Å². The van der Waals surface area contributed by atoms with Gasteiger partial charge in [0.1, 0.15) is 5.75 Å². The van der Waals surface area contributed by atoms with Crippen LogP contribution in [-0.2, 0) is 9.59 Å². The standard InChI is InChI=1S/C20H22ClN3O3/c1-27-17-10-8-16(9-11-17)23-20(26)18-3-2-12-24(18)13-19(25)22-15-6-4-14(21)5-7-15/h4-11,18H,2-3,12-13H2,1H3,(H,22,25)(H,23,26)/t18-/m1/s1. The molecule has 142 valence electrons. The van der Waals surface area contributed by atoms with Crippen molar-refractivity contribution in [1.29, 1.82) is 0 Å². The number of methoxy groups -OCH3 is 1. The summed E-state index contributed by atoms with van der Waals surface area (Å²) >= 11 is 5.85. The molecule has 1 atom stereocenters. The number of hydrogen-bond donors (Lipinski definition) is 2. The number of benzene rings is 2. The fraction of sp³-hybridized carbons (Fsp3) is 0.300. The van der Waals surface area contributed by atoms with Crippen molar-refractivity contribution < 1.29 is 14.3 Å². The van der Waals surface area contributed by atoms with E-state index in [-0.39, 0.29) is 24.4 Å². The number of likely N-dealkylation sites (tertiary alicyclic amines) is 1. The van der Waals surface area contributed by atoms with Gasteiger partial charge in [-0.25, -0.2) is 0 Å². The SMILES string of the molecule is COc1ccc(NC(=O)[C@H]2CCCN2CC(=O)Nc2ccc(Cl)cc2)cc1. The van der Waals surface area contributed by atoms with Crippen molar-refractivity contribution in [2.75, 3.05) is 30.8 Å². The van der Waals surface area contributed by atoms with Gasteiger partial charge in [0.2, 0.25) is 11.8 Å². The van der Waals surface area contributed by atoms with Gasteiger partial charge in [0.25, 0.3) is 0 Å². The maximum atomic E-state index is 12.6. The molecule has 27 heavy (non-hydrogen) atoms. The molecule has 0 bridgehead atoms. The van der Waals surface area contributed by atoms with Crippen LogP contribution < -0.4 is 15.4 Å². The Hall–Kier alpha value is -2.57. The number of nitrogens with zero attached hydrogens (tertiary/aromatic N) is 1. The maximum absolute atomic E-state index is 12.6. The Balaban J connectivity index is 1.56. The molecule has 1 aliphatic heterocycles. The van der Waals surface area contributed by atoms with Crippen molar-refractivity contribution in [3.8, 4) is 5.75 Å². The van der Waals surface area contributed by atoms with Crippen LogP contribution in [0, 0.1) is 0 Å². The van der Waals surface area contributed by atoms with Gasteiger partial charge in [-0.15, -0.1) is 0 Å². The van der Waals surface area contributed by atoms with Gasteiger partial charge in [-0.3, -0.25) is 14.5 Å². The number of hydrogen-bond acceptors (Lipinski definition) is 4. The fourth-order valence-electron chi connectivity index (χ4n) is 3.13. The highest BCUT2D eigenvalue weighted by Gasteiger charge is 2.31. The van der Waals surface area contributed by atoms with E-state index in [1.54, 1.807) is 55.6 Å². The molecule has 2 N–H and O–H groups in total. The first-order valence-electron chi connectivity index (χ1n) is 8.79. The van der Waals surface area contributed by atoms with Crippen LogP contribution in [0.2, 0.25) is 5.02 Å². The number of ether oxygens (including phenoxy) is 1. The second kappa shape index (κ2) is 8.88. The minimum Gasteiger partial charge on any atom is -0.497 e. The van der Waals surface area contributed by atoms with Crippen LogP contribution in [0.3, 0.4) is 0 Å². The van der Waals surface area contributed by atoms with Crippen LogP contribution >= 0.6 is 11.6 Å². The van der Waals surface area contributed by atoms with Gasteiger partial charge in [-0.05, 0) is 67.9 Å². The summed E-state index contributed by atoms with van der Waals surface area (Å²) in [5, 5.41) is 6.36. The van der Waals surface area contributed by atoms with E-state index in [0.29, 0.717) is 16.4 Å². The van der Waals surface area contributed by atoms with E-state index in [4.69, 9.17) is 16.3 Å².